The van der Waals surface area contributed by atoms with E-state index in [1.54, 1.807) is 7.11 Å². The Balaban J connectivity index is 2.14. The molecule has 2 unspecified atom stereocenters. The SMILES string of the molecule is CCOc1cccc(CBr)c1OC1CCCC(OC)C1. The first-order valence-electron chi connectivity index (χ1n) is 7.28. The first kappa shape index (κ1) is 15.6. The first-order valence-corrected chi connectivity index (χ1v) is 8.40. The van der Waals surface area contributed by atoms with Gasteiger partial charge in [0.1, 0.15) is 6.10 Å². The van der Waals surface area contributed by atoms with Crippen molar-refractivity contribution in [1.29, 1.82) is 0 Å². The second-order valence-corrected chi connectivity index (χ2v) is 5.64. The molecule has 1 aromatic rings. The van der Waals surface area contributed by atoms with Crippen LogP contribution in [0.3, 0.4) is 0 Å². The molecule has 1 aromatic carbocycles. The van der Waals surface area contributed by atoms with Crippen molar-refractivity contribution in [3.8, 4) is 11.5 Å². The maximum atomic E-state index is 6.26. The summed E-state index contributed by atoms with van der Waals surface area (Å²) in [6, 6.07) is 6.05. The highest BCUT2D eigenvalue weighted by molar-refractivity contribution is 9.08. The predicted molar refractivity (Wildman–Crippen MR) is 83.9 cm³/mol. The minimum absolute atomic E-state index is 0.216. The molecule has 0 amide bonds. The van der Waals surface area contributed by atoms with Gasteiger partial charge < -0.3 is 14.2 Å². The normalized spacial score (nSPS) is 22.6. The first-order chi connectivity index (χ1) is 9.78. The van der Waals surface area contributed by atoms with Crippen molar-refractivity contribution in [3.63, 3.8) is 0 Å². The summed E-state index contributed by atoms with van der Waals surface area (Å²) in [5.74, 6) is 1.72. The van der Waals surface area contributed by atoms with Gasteiger partial charge in [-0.05, 0) is 32.3 Å². The van der Waals surface area contributed by atoms with E-state index in [0.717, 1.165) is 48.1 Å². The van der Waals surface area contributed by atoms with Crippen molar-refractivity contribution in [2.45, 2.75) is 50.1 Å². The molecule has 2 atom stereocenters. The van der Waals surface area contributed by atoms with Gasteiger partial charge in [-0.1, -0.05) is 28.1 Å². The van der Waals surface area contributed by atoms with E-state index in [1.807, 2.05) is 19.1 Å². The fourth-order valence-electron chi connectivity index (χ4n) is 2.66. The number of hydrogen-bond donors (Lipinski definition) is 0. The molecule has 2 rings (SSSR count). The Bertz CT molecular complexity index is 422. The molecule has 1 fully saturated rings. The van der Waals surface area contributed by atoms with Crippen LogP contribution in [0.15, 0.2) is 18.2 Å². The Morgan fingerprint density at radius 2 is 2.05 bits per heavy atom. The Morgan fingerprint density at radius 1 is 1.25 bits per heavy atom. The van der Waals surface area contributed by atoms with Crippen molar-refractivity contribution in [1.82, 2.24) is 0 Å². The highest BCUT2D eigenvalue weighted by atomic mass is 79.9. The lowest BCUT2D eigenvalue weighted by molar-refractivity contribution is 0.0197. The molecule has 0 aromatic heterocycles. The van der Waals surface area contributed by atoms with Gasteiger partial charge in [0, 0.05) is 24.4 Å². The van der Waals surface area contributed by atoms with Gasteiger partial charge in [0.25, 0.3) is 0 Å². The standard InChI is InChI=1S/C16H23BrO3/c1-3-19-15-9-4-6-12(11-17)16(15)20-14-8-5-7-13(10-14)18-2/h4,6,9,13-14H,3,5,7-8,10-11H2,1-2H3. The average molecular weight is 343 g/mol. The van der Waals surface area contributed by atoms with Gasteiger partial charge in [-0.15, -0.1) is 0 Å². The third-order valence-corrected chi connectivity index (χ3v) is 4.30. The zero-order chi connectivity index (χ0) is 14.4. The maximum Gasteiger partial charge on any atom is 0.165 e. The number of halogens is 1. The van der Waals surface area contributed by atoms with Crippen molar-refractivity contribution >= 4 is 15.9 Å². The number of alkyl halides is 1. The lowest BCUT2D eigenvalue weighted by Gasteiger charge is -2.29. The predicted octanol–water partition coefficient (Wildman–Crippen LogP) is 4.32. The highest BCUT2D eigenvalue weighted by Gasteiger charge is 2.25. The van der Waals surface area contributed by atoms with Crippen LogP contribution in [0.4, 0.5) is 0 Å². The van der Waals surface area contributed by atoms with Crippen LogP contribution in [-0.4, -0.2) is 25.9 Å². The zero-order valence-electron chi connectivity index (χ0n) is 12.2. The number of para-hydroxylation sites is 1. The molecule has 112 valence electrons. The summed E-state index contributed by atoms with van der Waals surface area (Å²) in [7, 11) is 1.78. The zero-order valence-corrected chi connectivity index (χ0v) is 13.8. The van der Waals surface area contributed by atoms with E-state index in [0.29, 0.717) is 12.7 Å². The summed E-state index contributed by atoms with van der Waals surface area (Å²) in [6.07, 6.45) is 4.87. The van der Waals surface area contributed by atoms with E-state index in [2.05, 4.69) is 22.0 Å². The lowest BCUT2D eigenvalue weighted by Crippen LogP contribution is -2.29. The number of rotatable bonds is 6. The average Bonchev–Trinajstić information content (AvgIpc) is 2.49. The summed E-state index contributed by atoms with van der Waals surface area (Å²) < 4.78 is 17.4. The van der Waals surface area contributed by atoms with Crippen LogP contribution in [0.5, 0.6) is 11.5 Å². The Kier molecular flexibility index (Phi) is 6.17. The Hall–Kier alpha value is -0.740. The molecule has 0 aliphatic heterocycles. The summed E-state index contributed by atoms with van der Waals surface area (Å²) in [6.45, 7) is 2.64. The summed E-state index contributed by atoms with van der Waals surface area (Å²) in [4.78, 5) is 0. The smallest absolute Gasteiger partial charge is 0.165 e. The summed E-state index contributed by atoms with van der Waals surface area (Å²) >= 11 is 3.52. The van der Waals surface area contributed by atoms with Crippen LogP contribution in [0, 0.1) is 0 Å². The Labute approximate surface area is 129 Å². The van der Waals surface area contributed by atoms with E-state index >= 15 is 0 Å². The van der Waals surface area contributed by atoms with Crippen LogP contribution in [0.25, 0.3) is 0 Å². The molecule has 0 N–H and O–H groups in total. The van der Waals surface area contributed by atoms with Crippen molar-refractivity contribution in [2.75, 3.05) is 13.7 Å². The van der Waals surface area contributed by atoms with Gasteiger partial charge in [-0.2, -0.15) is 0 Å². The third-order valence-electron chi connectivity index (χ3n) is 3.70. The van der Waals surface area contributed by atoms with Gasteiger partial charge in [0.05, 0.1) is 12.7 Å². The quantitative estimate of drug-likeness (QED) is 0.720. The van der Waals surface area contributed by atoms with Crippen molar-refractivity contribution < 1.29 is 14.2 Å². The van der Waals surface area contributed by atoms with Crippen molar-refractivity contribution in [3.05, 3.63) is 23.8 Å². The van der Waals surface area contributed by atoms with Crippen molar-refractivity contribution in [2.24, 2.45) is 0 Å². The highest BCUT2D eigenvalue weighted by Crippen LogP contribution is 2.36. The van der Waals surface area contributed by atoms with E-state index in [4.69, 9.17) is 14.2 Å². The van der Waals surface area contributed by atoms with E-state index in [1.165, 1.54) is 0 Å². The molecular weight excluding hydrogens is 320 g/mol. The number of methoxy groups -OCH3 is 1. The van der Waals surface area contributed by atoms with Crippen LogP contribution < -0.4 is 9.47 Å². The second-order valence-electron chi connectivity index (χ2n) is 5.08. The lowest BCUT2D eigenvalue weighted by atomic mass is 9.95. The minimum atomic E-state index is 0.216. The molecule has 0 heterocycles. The molecule has 0 saturated heterocycles. The molecule has 0 bridgehead atoms. The third kappa shape index (κ3) is 3.89. The molecule has 0 radical (unpaired) electrons. The maximum absolute atomic E-state index is 6.26. The fraction of sp³-hybridized carbons (Fsp3) is 0.625. The van der Waals surface area contributed by atoms with E-state index in [9.17, 15) is 0 Å². The Morgan fingerprint density at radius 3 is 2.75 bits per heavy atom. The van der Waals surface area contributed by atoms with Crippen LogP contribution in [-0.2, 0) is 10.1 Å². The van der Waals surface area contributed by atoms with Crippen LogP contribution in [0.2, 0.25) is 0 Å². The van der Waals surface area contributed by atoms with Gasteiger partial charge >= 0.3 is 0 Å². The molecule has 20 heavy (non-hydrogen) atoms. The van der Waals surface area contributed by atoms with Gasteiger partial charge in [-0.3, -0.25) is 0 Å². The van der Waals surface area contributed by atoms with E-state index in [-0.39, 0.29) is 6.10 Å². The van der Waals surface area contributed by atoms with Crippen LogP contribution >= 0.6 is 15.9 Å². The molecule has 1 aliphatic carbocycles. The topological polar surface area (TPSA) is 27.7 Å². The van der Waals surface area contributed by atoms with Gasteiger partial charge in [-0.25, -0.2) is 0 Å². The summed E-state index contributed by atoms with van der Waals surface area (Å²) in [5.41, 5.74) is 1.13. The molecule has 1 saturated carbocycles. The molecule has 0 spiro atoms. The molecular formula is C16H23BrO3. The number of ether oxygens (including phenoxy) is 3. The number of benzene rings is 1. The monoisotopic (exact) mass is 342 g/mol. The molecule has 1 aliphatic rings. The van der Waals surface area contributed by atoms with Gasteiger partial charge in [0.2, 0.25) is 0 Å². The minimum Gasteiger partial charge on any atom is -0.490 e. The fourth-order valence-corrected chi connectivity index (χ4v) is 3.10. The van der Waals surface area contributed by atoms with Gasteiger partial charge in [0.15, 0.2) is 11.5 Å². The largest absolute Gasteiger partial charge is 0.490 e. The summed E-state index contributed by atoms with van der Waals surface area (Å²) in [5, 5.41) is 0.768. The molecule has 4 heteroatoms. The molecule has 3 nitrogen and oxygen atoms in total. The number of hydrogen-bond acceptors (Lipinski definition) is 3. The van der Waals surface area contributed by atoms with Crippen LogP contribution in [0.1, 0.15) is 38.2 Å². The van der Waals surface area contributed by atoms with E-state index < -0.39 is 0 Å². The second kappa shape index (κ2) is 7.89.